The Morgan fingerprint density at radius 3 is 2.74 bits per heavy atom. The molecular weight excluding hydrogens is 259 g/mol. The quantitative estimate of drug-likeness (QED) is 0.910. The zero-order valence-electron chi connectivity index (χ0n) is 10.4. The van der Waals surface area contributed by atoms with Crippen molar-refractivity contribution >= 4 is 11.6 Å². The Hall–Kier alpha value is -2.05. The van der Waals surface area contributed by atoms with Crippen molar-refractivity contribution in [2.45, 2.75) is 20.0 Å². The zero-order valence-corrected chi connectivity index (χ0v) is 10.4. The summed E-state index contributed by atoms with van der Waals surface area (Å²) in [6.07, 6.45) is -2.83. The van der Waals surface area contributed by atoms with Crippen molar-refractivity contribution in [1.29, 1.82) is 0 Å². The number of halogens is 3. The minimum Gasteiger partial charge on any atom is -0.342 e. The summed E-state index contributed by atoms with van der Waals surface area (Å²) in [6, 6.07) is 3.53. The number of imidazole rings is 1. The first kappa shape index (κ1) is 13.4. The van der Waals surface area contributed by atoms with Crippen molar-refractivity contribution in [1.82, 2.24) is 14.7 Å². The fourth-order valence-electron chi connectivity index (χ4n) is 1.86. The fourth-order valence-corrected chi connectivity index (χ4v) is 1.86. The highest BCUT2D eigenvalue weighted by Gasteiger charge is 2.29. The Labute approximate surface area is 107 Å². The third-order valence-corrected chi connectivity index (χ3v) is 2.68. The highest BCUT2D eigenvalue weighted by molar-refractivity contribution is 5.94. The molecule has 0 spiro atoms. The van der Waals surface area contributed by atoms with E-state index in [4.69, 9.17) is 0 Å². The van der Waals surface area contributed by atoms with E-state index in [1.54, 1.807) is 19.2 Å². The number of nitrogens with one attached hydrogen (secondary N) is 1. The molecule has 2 aromatic rings. The number of carbonyl (C=O) groups is 1. The number of hydrogen-bond donors (Lipinski definition) is 1. The molecule has 0 atom stereocenters. The molecule has 0 aromatic carbocycles. The van der Waals surface area contributed by atoms with E-state index in [2.05, 4.69) is 4.98 Å². The van der Waals surface area contributed by atoms with Crippen LogP contribution in [0.2, 0.25) is 0 Å². The van der Waals surface area contributed by atoms with Crippen LogP contribution in [0.3, 0.4) is 0 Å². The van der Waals surface area contributed by atoms with E-state index >= 15 is 0 Å². The molecule has 0 saturated heterocycles. The van der Waals surface area contributed by atoms with Crippen molar-refractivity contribution in [3.63, 3.8) is 0 Å². The topological polar surface area (TPSA) is 46.4 Å². The molecule has 0 bridgehead atoms. The Balaban J connectivity index is 2.37. The Morgan fingerprint density at radius 1 is 1.42 bits per heavy atom. The molecule has 2 aromatic heterocycles. The Bertz CT molecular complexity index is 631. The summed E-state index contributed by atoms with van der Waals surface area (Å²) in [7, 11) is 0. The molecule has 102 valence electrons. The van der Waals surface area contributed by atoms with Gasteiger partial charge in [-0.05, 0) is 25.5 Å². The number of amides is 1. The van der Waals surface area contributed by atoms with Gasteiger partial charge in [-0.1, -0.05) is 6.07 Å². The van der Waals surface area contributed by atoms with Gasteiger partial charge in [0.1, 0.15) is 17.9 Å². The maximum Gasteiger partial charge on any atom is 0.405 e. The number of alkyl halides is 3. The first-order valence-corrected chi connectivity index (χ1v) is 5.59. The van der Waals surface area contributed by atoms with Crippen molar-refractivity contribution in [2.24, 2.45) is 0 Å². The Kier molecular flexibility index (Phi) is 3.21. The van der Waals surface area contributed by atoms with Crippen LogP contribution in [0.15, 0.2) is 18.3 Å². The van der Waals surface area contributed by atoms with Gasteiger partial charge in [0.25, 0.3) is 5.91 Å². The number of fused-ring (bicyclic) bond motifs is 1. The molecule has 0 fully saturated rings. The molecular formula is C12H12F3N3O. The van der Waals surface area contributed by atoms with Crippen LogP contribution in [-0.2, 0) is 0 Å². The molecule has 0 aliphatic heterocycles. The number of carbonyl (C=O) groups excluding carboxylic acids is 1. The summed E-state index contributed by atoms with van der Waals surface area (Å²) < 4.78 is 37.8. The summed E-state index contributed by atoms with van der Waals surface area (Å²) >= 11 is 0. The molecule has 0 aliphatic rings. The molecule has 7 heteroatoms. The monoisotopic (exact) mass is 271 g/mol. The van der Waals surface area contributed by atoms with Crippen LogP contribution in [-0.4, -0.2) is 28.0 Å². The number of aromatic nitrogens is 2. The predicted octanol–water partition coefficient (Wildman–Crippen LogP) is 2.24. The summed E-state index contributed by atoms with van der Waals surface area (Å²) in [6.45, 7) is 2.05. The number of pyridine rings is 1. The Morgan fingerprint density at radius 2 is 2.11 bits per heavy atom. The average molecular weight is 271 g/mol. The van der Waals surface area contributed by atoms with Gasteiger partial charge in [-0.15, -0.1) is 0 Å². The summed E-state index contributed by atoms with van der Waals surface area (Å²) in [4.78, 5) is 16.0. The maximum absolute atomic E-state index is 12.1. The lowest BCUT2D eigenvalue weighted by atomic mass is 10.3. The van der Waals surface area contributed by atoms with Gasteiger partial charge in [0, 0.05) is 6.20 Å². The normalized spacial score (nSPS) is 11.8. The van der Waals surface area contributed by atoms with E-state index in [0.29, 0.717) is 11.3 Å². The molecule has 19 heavy (non-hydrogen) atoms. The summed E-state index contributed by atoms with van der Waals surface area (Å²) in [5.74, 6) is -0.784. The van der Waals surface area contributed by atoms with Crippen molar-refractivity contribution in [3.8, 4) is 0 Å². The highest BCUT2D eigenvalue weighted by Crippen LogP contribution is 2.16. The van der Waals surface area contributed by atoms with E-state index in [1.165, 1.54) is 4.40 Å². The molecule has 4 nitrogen and oxygen atoms in total. The van der Waals surface area contributed by atoms with Crippen LogP contribution in [0, 0.1) is 13.8 Å². The van der Waals surface area contributed by atoms with Crippen LogP contribution >= 0.6 is 0 Å². The second-order valence-electron chi connectivity index (χ2n) is 4.23. The first-order valence-electron chi connectivity index (χ1n) is 5.59. The standard InChI is InChI=1S/C12H12F3N3O/c1-7-4-3-5-18-9(8(2)17-10(7)18)11(19)16-6-12(13,14)15/h3-5H,6H2,1-2H3,(H,16,19). The van der Waals surface area contributed by atoms with Gasteiger partial charge in [0.2, 0.25) is 0 Å². The molecule has 2 heterocycles. The third kappa shape index (κ3) is 2.69. The van der Waals surface area contributed by atoms with Gasteiger partial charge in [0.05, 0.1) is 5.69 Å². The summed E-state index contributed by atoms with van der Waals surface area (Å²) in [5.41, 5.74) is 1.94. The van der Waals surface area contributed by atoms with E-state index in [-0.39, 0.29) is 5.69 Å². The van der Waals surface area contributed by atoms with Crippen molar-refractivity contribution in [3.05, 3.63) is 35.3 Å². The highest BCUT2D eigenvalue weighted by atomic mass is 19.4. The molecule has 1 amide bonds. The van der Waals surface area contributed by atoms with Gasteiger partial charge in [-0.2, -0.15) is 13.2 Å². The van der Waals surface area contributed by atoms with Gasteiger partial charge < -0.3 is 5.32 Å². The van der Waals surface area contributed by atoms with Gasteiger partial charge >= 0.3 is 6.18 Å². The predicted molar refractivity (Wildman–Crippen MR) is 63.1 cm³/mol. The zero-order chi connectivity index (χ0) is 14.2. The molecule has 2 rings (SSSR count). The van der Waals surface area contributed by atoms with E-state index in [9.17, 15) is 18.0 Å². The van der Waals surface area contributed by atoms with E-state index < -0.39 is 18.6 Å². The molecule has 0 aliphatic carbocycles. The van der Waals surface area contributed by atoms with E-state index in [1.807, 2.05) is 18.3 Å². The molecule has 1 N–H and O–H groups in total. The van der Waals surface area contributed by atoms with Gasteiger partial charge in [0.15, 0.2) is 0 Å². The minimum atomic E-state index is -4.43. The smallest absolute Gasteiger partial charge is 0.342 e. The number of aryl methyl sites for hydroxylation is 2. The first-order chi connectivity index (χ1) is 8.79. The lowest BCUT2D eigenvalue weighted by Crippen LogP contribution is -2.34. The van der Waals surface area contributed by atoms with Crippen LogP contribution in [0.25, 0.3) is 5.65 Å². The SMILES string of the molecule is Cc1nc2c(C)cccn2c1C(=O)NCC(F)(F)F. The third-order valence-electron chi connectivity index (χ3n) is 2.68. The van der Waals surface area contributed by atoms with Crippen molar-refractivity contribution in [2.75, 3.05) is 6.54 Å². The van der Waals surface area contributed by atoms with Crippen LogP contribution < -0.4 is 5.32 Å². The second kappa shape index (κ2) is 4.56. The average Bonchev–Trinajstić information content (AvgIpc) is 2.63. The van der Waals surface area contributed by atoms with Gasteiger partial charge in [-0.25, -0.2) is 4.98 Å². The van der Waals surface area contributed by atoms with Crippen LogP contribution in [0.4, 0.5) is 13.2 Å². The number of nitrogens with zero attached hydrogens (tertiary/aromatic N) is 2. The molecule has 0 saturated carbocycles. The van der Waals surface area contributed by atoms with Crippen LogP contribution in [0.1, 0.15) is 21.7 Å². The second-order valence-corrected chi connectivity index (χ2v) is 4.23. The maximum atomic E-state index is 12.1. The van der Waals surface area contributed by atoms with Crippen molar-refractivity contribution < 1.29 is 18.0 Å². The van der Waals surface area contributed by atoms with Gasteiger partial charge in [-0.3, -0.25) is 9.20 Å². The summed E-state index contributed by atoms with van der Waals surface area (Å²) in [5, 5.41) is 1.85. The largest absolute Gasteiger partial charge is 0.405 e. The minimum absolute atomic E-state index is 0.128. The lowest BCUT2D eigenvalue weighted by molar-refractivity contribution is -0.123. The molecule has 0 radical (unpaired) electrons. The van der Waals surface area contributed by atoms with Crippen LogP contribution in [0.5, 0.6) is 0 Å². The van der Waals surface area contributed by atoms with E-state index in [0.717, 1.165) is 5.56 Å². The number of hydrogen-bond acceptors (Lipinski definition) is 2. The fraction of sp³-hybridized carbons (Fsp3) is 0.333. The lowest BCUT2D eigenvalue weighted by Gasteiger charge is -2.08. The molecule has 0 unspecified atom stereocenters. The number of rotatable bonds is 2.